The second kappa shape index (κ2) is 8.26. The number of nitrogens with zero attached hydrogens (tertiary/aromatic N) is 2. The van der Waals surface area contributed by atoms with Crippen LogP contribution in [0.3, 0.4) is 0 Å². The number of nitrogens with one attached hydrogen (secondary N) is 1. The minimum Gasteiger partial charge on any atom is -0.436 e. The van der Waals surface area contributed by atoms with E-state index in [2.05, 4.69) is 10.3 Å². The average molecular weight is 440 g/mol. The molecule has 1 aromatic heterocycles. The summed E-state index contributed by atoms with van der Waals surface area (Å²) >= 11 is 12.1. The number of fused-ring (bicyclic) bond motifs is 1. The molecule has 0 spiro atoms. The number of rotatable bonds is 5. The molecule has 29 heavy (non-hydrogen) atoms. The summed E-state index contributed by atoms with van der Waals surface area (Å²) in [6.45, 7) is 0.689. The van der Waals surface area contributed by atoms with Crippen molar-refractivity contribution in [3.05, 3.63) is 52.0 Å². The Morgan fingerprint density at radius 2 is 2.00 bits per heavy atom. The Hall–Kier alpha value is -2.22. The molecule has 1 fully saturated rings. The third kappa shape index (κ3) is 4.69. The molecule has 1 N–H and O–H groups in total. The molecule has 2 aromatic carbocycles. The van der Waals surface area contributed by atoms with Gasteiger partial charge in [0.05, 0.1) is 6.54 Å². The van der Waals surface area contributed by atoms with Gasteiger partial charge in [0.25, 0.3) is 12.3 Å². The van der Waals surface area contributed by atoms with E-state index in [0.29, 0.717) is 57.7 Å². The van der Waals surface area contributed by atoms with Crippen molar-refractivity contribution in [3.8, 4) is 11.5 Å². The van der Waals surface area contributed by atoms with Crippen molar-refractivity contribution in [1.29, 1.82) is 0 Å². The Bertz CT molecular complexity index is 1040. The van der Waals surface area contributed by atoms with Gasteiger partial charge in [0.15, 0.2) is 5.58 Å². The van der Waals surface area contributed by atoms with Crippen molar-refractivity contribution in [2.24, 2.45) is 0 Å². The highest BCUT2D eigenvalue weighted by Crippen LogP contribution is 2.29. The highest BCUT2D eigenvalue weighted by Gasteiger charge is 2.26. The Morgan fingerprint density at radius 1 is 1.24 bits per heavy atom. The molecular weight excluding hydrogens is 423 g/mol. The van der Waals surface area contributed by atoms with E-state index in [1.54, 1.807) is 41.3 Å². The first kappa shape index (κ1) is 20.1. The topological polar surface area (TPSA) is 58.4 Å². The number of alkyl halides is 2. The molecule has 152 valence electrons. The fourth-order valence-corrected chi connectivity index (χ4v) is 3.97. The van der Waals surface area contributed by atoms with Gasteiger partial charge < -0.3 is 9.73 Å². The first-order valence-electron chi connectivity index (χ1n) is 9.06. The van der Waals surface area contributed by atoms with E-state index in [4.69, 9.17) is 27.6 Å². The zero-order valence-electron chi connectivity index (χ0n) is 15.2. The summed E-state index contributed by atoms with van der Waals surface area (Å²) in [5, 5.41) is 3.82. The van der Waals surface area contributed by atoms with Crippen molar-refractivity contribution in [1.82, 2.24) is 15.2 Å². The van der Waals surface area contributed by atoms with Crippen molar-refractivity contribution >= 4 is 40.2 Å². The molecule has 1 saturated heterocycles. The number of carbonyl (C=O) groups is 1. The maximum atomic E-state index is 12.6. The molecule has 0 aliphatic carbocycles. The summed E-state index contributed by atoms with van der Waals surface area (Å²) in [4.78, 5) is 18.6. The lowest BCUT2D eigenvalue weighted by Gasteiger charge is -2.16. The van der Waals surface area contributed by atoms with Gasteiger partial charge in [-0.15, -0.1) is 0 Å². The van der Waals surface area contributed by atoms with E-state index < -0.39 is 6.43 Å². The summed E-state index contributed by atoms with van der Waals surface area (Å²) in [6, 6.07) is 9.80. The molecular formula is C20H17Cl2F2N3O2. The standard InChI is InChI=1S/C20H17Cl2F2N3O2/c21-13-5-12(6-14(22)8-13)20-26-16-2-1-11(7-17(16)29-20)19(28)25-15-3-4-27(9-15)10-18(23)24/h1-2,5-8,15,18H,3-4,9-10H2,(H,25,28). The highest BCUT2D eigenvalue weighted by molar-refractivity contribution is 6.35. The summed E-state index contributed by atoms with van der Waals surface area (Å²) < 4.78 is 30.8. The smallest absolute Gasteiger partial charge is 0.251 e. The average Bonchev–Trinajstić information content (AvgIpc) is 3.26. The van der Waals surface area contributed by atoms with Crippen molar-refractivity contribution < 1.29 is 18.0 Å². The molecule has 0 bridgehead atoms. The van der Waals surface area contributed by atoms with Crippen LogP contribution in [0.2, 0.25) is 10.0 Å². The second-order valence-electron chi connectivity index (χ2n) is 6.97. The minimum atomic E-state index is -2.37. The van der Waals surface area contributed by atoms with Gasteiger partial charge in [-0.05, 0) is 42.8 Å². The molecule has 1 unspecified atom stereocenters. The van der Waals surface area contributed by atoms with Gasteiger partial charge >= 0.3 is 0 Å². The van der Waals surface area contributed by atoms with E-state index in [0.717, 1.165) is 0 Å². The van der Waals surface area contributed by atoms with E-state index in [9.17, 15) is 13.6 Å². The van der Waals surface area contributed by atoms with Gasteiger partial charge in [-0.25, -0.2) is 13.8 Å². The van der Waals surface area contributed by atoms with Gasteiger partial charge in [-0.1, -0.05) is 23.2 Å². The van der Waals surface area contributed by atoms with Gasteiger partial charge in [-0.3, -0.25) is 9.69 Å². The summed E-state index contributed by atoms with van der Waals surface area (Å²) in [5.41, 5.74) is 2.09. The Kier molecular flexibility index (Phi) is 5.72. The summed E-state index contributed by atoms with van der Waals surface area (Å²) in [5.74, 6) is 0.0694. The van der Waals surface area contributed by atoms with Crippen LogP contribution in [-0.4, -0.2) is 47.9 Å². The van der Waals surface area contributed by atoms with Gasteiger partial charge in [0, 0.05) is 40.3 Å². The zero-order chi connectivity index (χ0) is 20.5. The molecule has 3 aromatic rings. The first-order chi connectivity index (χ1) is 13.9. The predicted octanol–water partition coefficient (Wildman–Crippen LogP) is 4.87. The summed E-state index contributed by atoms with van der Waals surface area (Å²) in [7, 11) is 0. The maximum absolute atomic E-state index is 12.6. The Balaban J connectivity index is 1.49. The molecule has 2 heterocycles. The van der Waals surface area contributed by atoms with Crippen LogP contribution in [0.4, 0.5) is 8.78 Å². The lowest BCUT2D eigenvalue weighted by Crippen LogP contribution is -2.37. The van der Waals surface area contributed by atoms with E-state index >= 15 is 0 Å². The van der Waals surface area contributed by atoms with E-state index in [-0.39, 0.29) is 18.5 Å². The van der Waals surface area contributed by atoms with Crippen LogP contribution < -0.4 is 5.32 Å². The molecule has 9 heteroatoms. The maximum Gasteiger partial charge on any atom is 0.251 e. The van der Waals surface area contributed by atoms with Crippen LogP contribution in [-0.2, 0) is 0 Å². The molecule has 0 saturated carbocycles. The molecule has 1 aliphatic heterocycles. The fraction of sp³-hybridized carbons (Fsp3) is 0.300. The Morgan fingerprint density at radius 3 is 2.72 bits per heavy atom. The summed E-state index contributed by atoms with van der Waals surface area (Å²) in [6.07, 6.45) is -1.73. The number of benzene rings is 2. The molecule has 4 rings (SSSR count). The van der Waals surface area contributed by atoms with E-state index in [1.807, 2.05) is 0 Å². The fourth-order valence-electron chi connectivity index (χ4n) is 3.45. The van der Waals surface area contributed by atoms with Crippen molar-refractivity contribution in [3.63, 3.8) is 0 Å². The largest absolute Gasteiger partial charge is 0.436 e. The number of oxazole rings is 1. The number of halogens is 4. The first-order valence-corrected chi connectivity index (χ1v) is 9.81. The van der Waals surface area contributed by atoms with Crippen LogP contribution >= 0.6 is 23.2 Å². The lowest BCUT2D eigenvalue weighted by molar-refractivity contribution is 0.0918. The number of hydrogen-bond donors (Lipinski definition) is 1. The number of aromatic nitrogens is 1. The molecule has 5 nitrogen and oxygen atoms in total. The molecule has 0 radical (unpaired) electrons. The third-order valence-electron chi connectivity index (χ3n) is 4.76. The third-order valence-corrected chi connectivity index (χ3v) is 5.20. The van der Waals surface area contributed by atoms with Crippen LogP contribution in [0.5, 0.6) is 0 Å². The molecule has 1 amide bonds. The van der Waals surface area contributed by atoms with Crippen molar-refractivity contribution in [2.45, 2.75) is 18.9 Å². The van der Waals surface area contributed by atoms with E-state index in [1.165, 1.54) is 0 Å². The molecule has 1 atom stereocenters. The SMILES string of the molecule is O=C(NC1CCN(CC(F)F)C1)c1ccc2nc(-c3cc(Cl)cc(Cl)c3)oc2c1. The van der Waals surface area contributed by atoms with Gasteiger partial charge in [0.2, 0.25) is 5.89 Å². The lowest BCUT2D eigenvalue weighted by atomic mass is 10.1. The Labute approximate surface area is 175 Å². The van der Waals surface area contributed by atoms with Gasteiger partial charge in [-0.2, -0.15) is 0 Å². The van der Waals surface area contributed by atoms with Gasteiger partial charge in [0.1, 0.15) is 5.52 Å². The van der Waals surface area contributed by atoms with Crippen LogP contribution in [0.1, 0.15) is 16.8 Å². The van der Waals surface area contributed by atoms with Crippen LogP contribution in [0.15, 0.2) is 40.8 Å². The number of carbonyl (C=O) groups excluding carboxylic acids is 1. The zero-order valence-corrected chi connectivity index (χ0v) is 16.7. The highest BCUT2D eigenvalue weighted by atomic mass is 35.5. The number of amides is 1. The minimum absolute atomic E-state index is 0.157. The van der Waals surface area contributed by atoms with Crippen LogP contribution in [0.25, 0.3) is 22.6 Å². The normalized spacial score (nSPS) is 17.3. The predicted molar refractivity (Wildman–Crippen MR) is 108 cm³/mol. The van der Waals surface area contributed by atoms with Crippen molar-refractivity contribution in [2.75, 3.05) is 19.6 Å². The number of likely N-dealkylation sites (tertiary alicyclic amines) is 1. The quantitative estimate of drug-likeness (QED) is 0.615. The molecule has 1 aliphatic rings. The van der Waals surface area contributed by atoms with Crippen LogP contribution in [0, 0.1) is 0 Å². The second-order valence-corrected chi connectivity index (χ2v) is 7.84. The monoisotopic (exact) mass is 439 g/mol. The number of hydrogen-bond acceptors (Lipinski definition) is 4.